The smallest absolute Gasteiger partial charge is 0.130 e. The van der Waals surface area contributed by atoms with Crippen LogP contribution in [0, 0.1) is 0 Å². The van der Waals surface area contributed by atoms with Gasteiger partial charge in [0.05, 0.1) is 0 Å². The number of benzene rings is 5. The lowest BCUT2D eigenvalue weighted by Crippen LogP contribution is -2.48. The first-order valence-corrected chi connectivity index (χ1v) is 12.2. The van der Waals surface area contributed by atoms with Crippen LogP contribution in [-0.4, -0.2) is 22.6 Å². The summed E-state index contributed by atoms with van der Waals surface area (Å²) >= 11 is 0. The van der Waals surface area contributed by atoms with Gasteiger partial charge in [0.1, 0.15) is 5.60 Å². The molecule has 6 rings (SSSR count). The third-order valence-electron chi connectivity index (χ3n) is 7.45. The van der Waals surface area contributed by atoms with Crippen molar-refractivity contribution in [2.45, 2.75) is 31.0 Å². The van der Waals surface area contributed by atoms with E-state index < -0.39 is 5.60 Å². The number of likely N-dealkylation sites (tertiary alicyclic amines) is 1. The van der Waals surface area contributed by atoms with Crippen LogP contribution in [0.25, 0.3) is 21.5 Å². The summed E-state index contributed by atoms with van der Waals surface area (Å²) in [6, 6.07) is 40.3. The molecule has 168 valence electrons. The van der Waals surface area contributed by atoms with Gasteiger partial charge in [0.15, 0.2) is 0 Å². The highest BCUT2D eigenvalue weighted by Gasteiger charge is 2.45. The Hall–Kier alpha value is -3.46. The van der Waals surface area contributed by atoms with Gasteiger partial charge in [0.25, 0.3) is 0 Å². The van der Waals surface area contributed by atoms with Crippen LogP contribution in [0.4, 0.5) is 0 Å². The molecule has 0 aliphatic carbocycles. The number of hydrogen-bond acceptors (Lipinski definition) is 2. The molecule has 2 nitrogen and oxygen atoms in total. The average molecular weight is 444 g/mol. The lowest BCUT2D eigenvalue weighted by molar-refractivity contribution is -0.00633. The SMILES string of the molecule is OC(c1ccc2ccccc2c1)(c1ccc2ccccc2c1)[C@@H]1CCCN1Cc1ccccc1. The number of fused-ring (bicyclic) bond motifs is 2. The second-order valence-electron chi connectivity index (χ2n) is 9.50. The third kappa shape index (κ3) is 3.69. The van der Waals surface area contributed by atoms with Crippen LogP contribution in [-0.2, 0) is 12.1 Å². The van der Waals surface area contributed by atoms with E-state index in [0.29, 0.717) is 0 Å². The average Bonchev–Trinajstić information content (AvgIpc) is 3.37. The Morgan fingerprint density at radius 1 is 0.647 bits per heavy atom. The molecule has 0 unspecified atom stereocenters. The van der Waals surface area contributed by atoms with E-state index in [9.17, 15) is 5.11 Å². The lowest BCUT2D eigenvalue weighted by Gasteiger charge is -2.40. The maximum absolute atomic E-state index is 12.8. The minimum Gasteiger partial charge on any atom is -0.379 e. The second-order valence-corrected chi connectivity index (χ2v) is 9.50. The summed E-state index contributed by atoms with van der Waals surface area (Å²) in [6.45, 7) is 1.83. The molecule has 1 fully saturated rings. The number of nitrogens with zero attached hydrogens (tertiary/aromatic N) is 1. The topological polar surface area (TPSA) is 23.5 Å². The van der Waals surface area contributed by atoms with E-state index in [2.05, 4.69) is 120 Å². The zero-order valence-electron chi connectivity index (χ0n) is 19.3. The van der Waals surface area contributed by atoms with Gasteiger partial charge in [-0.25, -0.2) is 0 Å². The van der Waals surface area contributed by atoms with Gasteiger partial charge in [-0.2, -0.15) is 0 Å². The number of aliphatic hydroxyl groups is 1. The predicted molar refractivity (Wildman–Crippen MR) is 141 cm³/mol. The van der Waals surface area contributed by atoms with Crippen molar-refractivity contribution in [3.63, 3.8) is 0 Å². The molecular weight excluding hydrogens is 414 g/mol. The Labute approximate surface area is 201 Å². The largest absolute Gasteiger partial charge is 0.379 e. The summed E-state index contributed by atoms with van der Waals surface area (Å²) in [7, 11) is 0. The zero-order chi connectivity index (χ0) is 23.0. The fourth-order valence-electron chi connectivity index (χ4n) is 5.71. The molecule has 1 atom stereocenters. The monoisotopic (exact) mass is 443 g/mol. The van der Waals surface area contributed by atoms with Gasteiger partial charge in [-0.15, -0.1) is 0 Å². The van der Waals surface area contributed by atoms with Crippen molar-refractivity contribution in [2.24, 2.45) is 0 Å². The van der Waals surface area contributed by atoms with E-state index in [-0.39, 0.29) is 6.04 Å². The van der Waals surface area contributed by atoms with Crippen molar-refractivity contribution in [1.29, 1.82) is 0 Å². The molecule has 1 aliphatic rings. The highest BCUT2D eigenvalue weighted by Crippen LogP contribution is 2.42. The molecule has 0 amide bonds. The van der Waals surface area contributed by atoms with Crippen LogP contribution in [0.2, 0.25) is 0 Å². The van der Waals surface area contributed by atoms with E-state index in [0.717, 1.165) is 47.8 Å². The molecule has 0 spiro atoms. The van der Waals surface area contributed by atoms with Gasteiger partial charge in [0, 0.05) is 12.6 Å². The van der Waals surface area contributed by atoms with Crippen molar-refractivity contribution >= 4 is 21.5 Å². The molecule has 1 aliphatic heterocycles. The van der Waals surface area contributed by atoms with Crippen LogP contribution in [0.15, 0.2) is 115 Å². The molecular formula is C32H29NO. The quantitative estimate of drug-likeness (QED) is 0.320. The van der Waals surface area contributed by atoms with Crippen LogP contribution in [0.3, 0.4) is 0 Å². The molecule has 1 heterocycles. The van der Waals surface area contributed by atoms with Gasteiger partial charge >= 0.3 is 0 Å². The van der Waals surface area contributed by atoms with E-state index >= 15 is 0 Å². The van der Waals surface area contributed by atoms with Crippen LogP contribution in [0.1, 0.15) is 29.5 Å². The number of rotatable bonds is 5. The number of hydrogen-bond donors (Lipinski definition) is 1. The van der Waals surface area contributed by atoms with Gasteiger partial charge in [-0.3, -0.25) is 4.90 Å². The molecule has 34 heavy (non-hydrogen) atoms. The molecule has 5 aromatic carbocycles. The molecule has 5 aromatic rings. The minimum atomic E-state index is -1.11. The van der Waals surface area contributed by atoms with Crippen LogP contribution < -0.4 is 0 Å². The Morgan fingerprint density at radius 2 is 1.18 bits per heavy atom. The normalized spacial score (nSPS) is 16.9. The fourth-order valence-corrected chi connectivity index (χ4v) is 5.71. The van der Waals surface area contributed by atoms with Crippen molar-refractivity contribution < 1.29 is 5.11 Å². The van der Waals surface area contributed by atoms with Gasteiger partial charge < -0.3 is 5.11 Å². The molecule has 1 saturated heterocycles. The van der Waals surface area contributed by atoms with Crippen molar-refractivity contribution in [3.05, 3.63) is 132 Å². The molecule has 0 saturated carbocycles. The lowest BCUT2D eigenvalue weighted by atomic mass is 9.77. The Morgan fingerprint density at radius 3 is 1.76 bits per heavy atom. The van der Waals surface area contributed by atoms with Gasteiger partial charge in [0.2, 0.25) is 0 Å². The highest BCUT2D eigenvalue weighted by molar-refractivity contribution is 5.85. The van der Waals surface area contributed by atoms with Crippen molar-refractivity contribution in [3.8, 4) is 0 Å². The van der Waals surface area contributed by atoms with Gasteiger partial charge in [-0.1, -0.05) is 103 Å². The van der Waals surface area contributed by atoms with E-state index in [1.54, 1.807) is 0 Å². The molecule has 0 radical (unpaired) electrons. The maximum Gasteiger partial charge on any atom is 0.130 e. The van der Waals surface area contributed by atoms with E-state index in [1.807, 2.05) is 0 Å². The molecule has 0 bridgehead atoms. The Balaban J connectivity index is 1.51. The Kier molecular flexibility index (Phi) is 5.41. The molecule has 1 N–H and O–H groups in total. The third-order valence-corrected chi connectivity index (χ3v) is 7.45. The van der Waals surface area contributed by atoms with Gasteiger partial charge in [-0.05, 0) is 69.8 Å². The highest BCUT2D eigenvalue weighted by atomic mass is 16.3. The van der Waals surface area contributed by atoms with Crippen LogP contribution >= 0.6 is 0 Å². The summed E-state index contributed by atoms with van der Waals surface area (Å²) in [6.07, 6.45) is 2.05. The summed E-state index contributed by atoms with van der Waals surface area (Å²) < 4.78 is 0. The summed E-state index contributed by atoms with van der Waals surface area (Å²) in [4.78, 5) is 2.47. The zero-order valence-corrected chi connectivity index (χ0v) is 19.3. The summed E-state index contributed by atoms with van der Waals surface area (Å²) in [5.41, 5.74) is 2.10. The van der Waals surface area contributed by atoms with E-state index in [4.69, 9.17) is 0 Å². The summed E-state index contributed by atoms with van der Waals surface area (Å²) in [5.74, 6) is 0. The fraction of sp³-hybridized carbons (Fsp3) is 0.188. The molecule has 2 heteroatoms. The van der Waals surface area contributed by atoms with Crippen LogP contribution in [0.5, 0.6) is 0 Å². The first-order valence-electron chi connectivity index (χ1n) is 12.2. The minimum absolute atomic E-state index is 0.00460. The van der Waals surface area contributed by atoms with E-state index in [1.165, 1.54) is 16.3 Å². The molecule has 0 aromatic heterocycles. The predicted octanol–water partition coefficient (Wildman–Crippen LogP) is 6.89. The first-order chi connectivity index (χ1) is 16.7. The standard InChI is InChI=1S/C32H29NO/c34-32(29-18-16-25-11-4-6-13-27(25)21-29,30-19-17-26-12-5-7-14-28(26)22-30)31-15-8-20-33(31)23-24-9-2-1-3-10-24/h1-7,9-14,16-19,21-22,31,34H,8,15,20,23H2/t31-/m0/s1. The van der Waals surface area contributed by atoms with Crippen molar-refractivity contribution in [2.75, 3.05) is 6.54 Å². The first kappa shape index (κ1) is 21.1. The Bertz CT molecular complexity index is 1360. The maximum atomic E-state index is 12.8. The second kappa shape index (κ2) is 8.72. The van der Waals surface area contributed by atoms with Crippen molar-refractivity contribution in [1.82, 2.24) is 4.90 Å². The summed E-state index contributed by atoms with van der Waals surface area (Å²) in [5, 5.41) is 17.5.